The summed E-state index contributed by atoms with van der Waals surface area (Å²) in [6.07, 6.45) is -0.321. The van der Waals surface area contributed by atoms with Gasteiger partial charge in [0.05, 0.1) is 18.4 Å². The number of hydrogen-bond donors (Lipinski definition) is 2. The van der Waals surface area contributed by atoms with Crippen LogP contribution >= 0.6 is 15.9 Å². The zero-order valence-corrected chi connectivity index (χ0v) is 13.3. The Morgan fingerprint density at radius 1 is 1.19 bits per heavy atom. The second kappa shape index (κ2) is 5.41. The van der Waals surface area contributed by atoms with E-state index in [9.17, 15) is 4.79 Å². The molecule has 0 saturated carbocycles. The summed E-state index contributed by atoms with van der Waals surface area (Å²) in [5, 5.41) is 6.35. The number of methoxy groups -OCH3 is 1. The molecule has 5 heteroatoms. The molecule has 108 valence electrons. The molecule has 1 amide bonds. The van der Waals surface area contributed by atoms with Crippen LogP contribution in [0.3, 0.4) is 0 Å². The molecule has 2 N–H and O–H groups in total. The zero-order valence-electron chi connectivity index (χ0n) is 11.7. The molecule has 1 unspecified atom stereocenters. The van der Waals surface area contributed by atoms with E-state index in [1.165, 1.54) is 0 Å². The average molecular weight is 347 g/mol. The van der Waals surface area contributed by atoms with Gasteiger partial charge in [-0.05, 0) is 36.8 Å². The molecule has 0 spiro atoms. The van der Waals surface area contributed by atoms with Gasteiger partial charge in [0.1, 0.15) is 11.9 Å². The van der Waals surface area contributed by atoms with Crippen LogP contribution in [0, 0.1) is 6.92 Å². The van der Waals surface area contributed by atoms with E-state index in [1.807, 2.05) is 43.3 Å². The van der Waals surface area contributed by atoms with Crippen LogP contribution in [-0.2, 0) is 0 Å². The molecule has 0 saturated heterocycles. The fraction of sp³-hybridized carbons (Fsp3) is 0.188. The van der Waals surface area contributed by atoms with E-state index in [-0.39, 0.29) is 12.1 Å². The van der Waals surface area contributed by atoms with Crippen LogP contribution in [0.5, 0.6) is 5.75 Å². The second-order valence-electron chi connectivity index (χ2n) is 4.93. The number of hydrogen-bond acceptors (Lipinski definition) is 3. The maximum atomic E-state index is 12.3. The Hall–Kier alpha value is -2.01. The summed E-state index contributed by atoms with van der Waals surface area (Å²) in [5.41, 5.74) is 3.46. The van der Waals surface area contributed by atoms with E-state index in [0.717, 1.165) is 27.0 Å². The highest BCUT2D eigenvalue weighted by Crippen LogP contribution is 2.34. The number of carbonyl (C=O) groups excluding carboxylic acids is 1. The van der Waals surface area contributed by atoms with Gasteiger partial charge in [0.15, 0.2) is 0 Å². The van der Waals surface area contributed by atoms with Crippen LogP contribution in [0.15, 0.2) is 40.9 Å². The minimum Gasteiger partial charge on any atom is -0.496 e. The molecule has 21 heavy (non-hydrogen) atoms. The Balaban J connectivity index is 2.05. The van der Waals surface area contributed by atoms with Gasteiger partial charge in [-0.3, -0.25) is 4.79 Å². The molecule has 1 aliphatic heterocycles. The van der Waals surface area contributed by atoms with Crippen LogP contribution in [0.1, 0.15) is 27.7 Å². The van der Waals surface area contributed by atoms with Crippen molar-refractivity contribution >= 4 is 27.5 Å². The first-order chi connectivity index (χ1) is 10.1. The third-order valence-corrected chi connectivity index (χ3v) is 4.08. The molecule has 1 heterocycles. The molecule has 2 aromatic rings. The smallest absolute Gasteiger partial charge is 0.255 e. The molecule has 1 aliphatic rings. The number of para-hydroxylation sites is 1. The van der Waals surface area contributed by atoms with Crippen molar-refractivity contribution in [2.45, 2.75) is 13.1 Å². The van der Waals surface area contributed by atoms with Crippen molar-refractivity contribution in [2.75, 3.05) is 12.4 Å². The predicted molar refractivity (Wildman–Crippen MR) is 85.7 cm³/mol. The number of halogens is 1. The molecular formula is C16H15BrN2O2. The molecule has 3 rings (SSSR count). The Labute approximate surface area is 131 Å². The fourth-order valence-corrected chi connectivity index (χ4v) is 2.90. The van der Waals surface area contributed by atoms with E-state index in [2.05, 4.69) is 26.6 Å². The van der Waals surface area contributed by atoms with Crippen molar-refractivity contribution < 1.29 is 9.53 Å². The summed E-state index contributed by atoms with van der Waals surface area (Å²) in [7, 11) is 1.62. The predicted octanol–water partition coefficient (Wildman–Crippen LogP) is 3.62. The lowest BCUT2D eigenvalue weighted by molar-refractivity contribution is 0.0935. The lowest BCUT2D eigenvalue weighted by atomic mass is 10.0. The van der Waals surface area contributed by atoms with Crippen LogP contribution in [0.25, 0.3) is 0 Å². The summed E-state index contributed by atoms with van der Waals surface area (Å²) in [6, 6.07) is 11.4. The van der Waals surface area contributed by atoms with Crippen molar-refractivity contribution in [1.82, 2.24) is 5.32 Å². The number of fused-ring (bicyclic) bond motifs is 1. The van der Waals surface area contributed by atoms with Crippen molar-refractivity contribution in [3.63, 3.8) is 0 Å². The molecule has 0 aromatic heterocycles. The zero-order chi connectivity index (χ0) is 15.0. The number of ether oxygens (including phenoxy) is 1. The maximum absolute atomic E-state index is 12.3. The van der Waals surface area contributed by atoms with Crippen molar-refractivity contribution in [3.05, 3.63) is 57.6 Å². The first-order valence-electron chi connectivity index (χ1n) is 6.60. The van der Waals surface area contributed by atoms with Crippen LogP contribution in [0.2, 0.25) is 0 Å². The summed E-state index contributed by atoms with van der Waals surface area (Å²) < 4.78 is 6.33. The third-order valence-electron chi connectivity index (χ3n) is 3.58. The largest absolute Gasteiger partial charge is 0.496 e. The first kappa shape index (κ1) is 13.9. The van der Waals surface area contributed by atoms with E-state index in [4.69, 9.17) is 4.74 Å². The molecule has 4 nitrogen and oxygen atoms in total. The van der Waals surface area contributed by atoms with E-state index < -0.39 is 0 Å². The maximum Gasteiger partial charge on any atom is 0.255 e. The highest BCUT2D eigenvalue weighted by atomic mass is 79.9. The van der Waals surface area contributed by atoms with Crippen LogP contribution in [0.4, 0.5) is 5.69 Å². The molecular weight excluding hydrogens is 332 g/mol. The van der Waals surface area contributed by atoms with Crippen molar-refractivity contribution in [2.24, 2.45) is 0 Å². The first-order valence-corrected chi connectivity index (χ1v) is 7.40. The Morgan fingerprint density at radius 2 is 2.00 bits per heavy atom. The van der Waals surface area contributed by atoms with E-state index >= 15 is 0 Å². The molecule has 2 aromatic carbocycles. The molecule has 1 atom stereocenters. The summed E-state index contributed by atoms with van der Waals surface area (Å²) in [6.45, 7) is 1.99. The minimum absolute atomic E-state index is 0.0838. The molecule has 0 bridgehead atoms. The normalized spacial score (nSPS) is 16.7. The van der Waals surface area contributed by atoms with Gasteiger partial charge < -0.3 is 15.4 Å². The minimum atomic E-state index is -0.321. The Bertz CT molecular complexity index is 715. The van der Waals surface area contributed by atoms with Gasteiger partial charge in [0.2, 0.25) is 0 Å². The lowest BCUT2D eigenvalue weighted by Gasteiger charge is -2.30. The van der Waals surface area contributed by atoms with Gasteiger partial charge in [-0.2, -0.15) is 0 Å². The monoisotopic (exact) mass is 346 g/mol. The summed E-state index contributed by atoms with van der Waals surface area (Å²) >= 11 is 3.46. The number of benzene rings is 2. The van der Waals surface area contributed by atoms with Crippen LogP contribution in [-0.4, -0.2) is 13.0 Å². The highest BCUT2D eigenvalue weighted by molar-refractivity contribution is 9.10. The standard InChI is InChI=1S/C16H15BrN2O2/c1-9-4-3-5-11-14(9)18-15(19-16(11)20)12-8-10(17)6-7-13(12)21-2/h3-8,15,18H,1-2H3,(H,19,20). The van der Waals surface area contributed by atoms with Gasteiger partial charge in [-0.15, -0.1) is 0 Å². The number of nitrogens with one attached hydrogen (secondary N) is 2. The Kier molecular flexibility index (Phi) is 3.59. The van der Waals surface area contributed by atoms with Gasteiger partial charge >= 0.3 is 0 Å². The van der Waals surface area contributed by atoms with Crippen molar-refractivity contribution in [1.29, 1.82) is 0 Å². The third kappa shape index (κ3) is 2.49. The van der Waals surface area contributed by atoms with Crippen molar-refractivity contribution in [3.8, 4) is 5.75 Å². The van der Waals surface area contributed by atoms with Gasteiger partial charge in [0.25, 0.3) is 5.91 Å². The van der Waals surface area contributed by atoms with Gasteiger partial charge in [-0.1, -0.05) is 28.1 Å². The van der Waals surface area contributed by atoms with Gasteiger partial charge in [-0.25, -0.2) is 0 Å². The van der Waals surface area contributed by atoms with E-state index in [0.29, 0.717) is 5.56 Å². The fourth-order valence-electron chi connectivity index (χ4n) is 2.52. The van der Waals surface area contributed by atoms with Crippen LogP contribution < -0.4 is 15.4 Å². The topological polar surface area (TPSA) is 50.4 Å². The Morgan fingerprint density at radius 3 is 2.76 bits per heavy atom. The van der Waals surface area contributed by atoms with Gasteiger partial charge in [0, 0.05) is 10.0 Å². The summed E-state index contributed by atoms with van der Waals surface area (Å²) in [5.74, 6) is 0.646. The number of aryl methyl sites for hydroxylation is 1. The molecule has 0 fully saturated rings. The number of amides is 1. The second-order valence-corrected chi connectivity index (χ2v) is 5.85. The number of anilines is 1. The number of rotatable bonds is 2. The quantitative estimate of drug-likeness (QED) is 0.873. The highest BCUT2D eigenvalue weighted by Gasteiger charge is 2.27. The number of carbonyl (C=O) groups is 1. The molecule has 0 radical (unpaired) electrons. The SMILES string of the molecule is COc1ccc(Br)cc1C1NC(=O)c2cccc(C)c2N1. The molecule has 0 aliphatic carbocycles. The average Bonchev–Trinajstić information content (AvgIpc) is 2.48. The van der Waals surface area contributed by atoms with E-state index in [1.54, 1.807) is 7.11 Å². The lowest BCUT2D eigenvalue weighted by Crippen LogP contribution is -2.39. The summed E-state index contributed by atoms with van der Waals surface area (Å²) in [4.78, 5) is 12.3.